The molecule has 76 valence electrons. The third-order valence-corrected chi connectivity index (χ3v) is 4.19. The fourth-order valence-corrected chi connectivity index (χ4v) is 3.24. The smallest absolute Gasteiger partial charge is 0.0619 e. The molecule has 0 radical (unpaired) electrons. The monoisotopic (exact) mass is 235 g/mol. The van der Waals surface area contributed by atoms with Crippen LogP contribution in [0.4, 0.5) is 5.69 Å². The summed E-state index contributed by atoms with van der Waals surface area (Å²) in [5.74, 6) is 0. The van der Waals surface area contributed by atoms with Crippen molar-refractivity contribution in [2.24, 2.45) is 0 Å². The minimum Gasteiger partial charge on any atom is -0.376 e. The highest BCUT2D eigenvalue weighted by Crippen LogP contribution is 2.40. The maximum atomic E-state index is 5.99. The number of thioether (sulfide) groups is 1. The third-order valence-electron chi connectivity index (χ3n) is 2.61. The lowest BCUT2D eigenvalue weighted by Crippen LogP contribution is -2.33. The van der Waals surface area contributed by atoms with E-state index in [0.29, 0.717) is 11.3 Å². The average Bonchev–Trinajstić information content (AvgIpc) is 2.26. The van der Waals surface area contributed by atoms with Gasteiger partial charge in [-0.05, 0) is 24.3 Å². The quantitative estimate of drug-likeness (QED) is 0.737. The predicted octanol–water partition coefficient (Wildman–Crippen LogP) is 3.63. The van der Waals surface area contributed by atoms with Gasteiger partial charge in [0.05, 0.1) is 11.3 Å². The molecular weight excluding hydrogens is 226 g/mol. The standard InChI is InChI=1S/C12H10ClNS/c13-8-5-6-12-10(7-8)14-9-3-1-2-4-11(9)15-12/h1-7,10,12,14H/t10-,12-/m0/s1. The molecule has 1 N–H and O–H groups in total. The van der Waals surface area contributed by atoms with Gasteiger partial charge >= 0.3 is 0 Å². The second-order valence-corrected chi connectivity index (χ2v) is 5.32. The van der Waals surface area contributed by atoms with E-state index in [9.17, 15) is 0 Å². The number of benzene rings is 1. The Morgan fingerprint density at radius 3 is 3.07 bits per heavy atom. The summed E-state index contributed by atoms with van der Waals surface area (Å²) in [5.41, 5.74) is 1.21. The molecule has 0 aromatic heterocycles. The van der Waals surface area contributed by atoms with Crippen molar-refractivity contribution in [1.82, 2.24) is 0 Å². The maximum absolute atomic E-state index is 5.99. The number of nitrogens with one attached hydrogen (secondary N) is 1. The van der Waals surface area contributed by atoms with E-state index in [1.807, 2.05) is 17.8 Å². The van der Waals surface area contributed by atoms with E-state index in [-0.39, 0.29) is 0 Å². The zero-order chi connectivity index (χ0) is 10.3. The van der Waals surface area contributed by atoms with Crippen molar-refractivity contribution >= 4 is 29.1 Å². The van der Waals surface area contributed by atoms with E-state index < -0.39 is 0 Å². The van der Waals surface area contributed by atoms with Gasteiger partial charge in [0, 0.05) is 15.6 Å². The van der Waals surface area contributed by atoms with Crippen molar-refractivity contribution in [3.63, 3.8) is 0 Å². The molecule has 0 saturated carbocycles. The van der Waals surface area contributed by atoms with Crippen LogP contribution >= 0.6 is 23.4 Å². The number of halogens is 1. The molecule has 2 aliphatic rings. The molecule has 0 saturated heterocycles. The van der Waals surface area contributed by atoms with Crippen molar-refractivity contribution in [2.75, 3.05) is 5.32 Å². The van der Waals surface area contributed by atoms with Crippen molar-refractivity contribution in [3.8, 4) is 0 Å². The Labute approximate surface area is 98.2 Å². The van der Waals surface area contributed by atoms with Crippen LogP contribution < -0.4 is 5.32 Å². The summed E-state index contributed by atoms with van der Waals surface area (Å²) in [7, 11) is 0. The van der Waals surface area contributed by atoms with Gasteiger partial charge in [-0.15, -0.1) is 11.8 Å². The lowest BCUT2D eigenvalue weighted by molar-refractivity contribution is 0.877. The van der Waals surface area contributed by atoms with Gasteiger partial charge in [0.15, 0.2) is 0 Å². The fourth-order valence-electron chi connectivity index (χ4n) is 1.88. The Kier molecular flexibility index (Phi) is 2.26. The number of rotatable bonds is 0. The van der Waals surface area contributed by atoms with Gasteiger partial charge in [-0.3, -0.25) is 0 Å². The molecule has 1 heterocycles. The summed E-state index contributed by atoms with van der Waals surface area (Å²) in [6.07, 6.45) is 6.22. The zero-order valence-corrected chi connectivity index (χ0v) is 9.55. The van der Waals surface area contributed by atoms with Crippen molar-refractivity contribution in [2.45, 2.75) is 16.2 Å². The van der Waals surface area contributed by atoms with Crippen molar-refractivity contribution in [1.29, 1.82) is 0 Å². The number of fused-ring (bicyclic) bond motifs is 2. The summed E-state index contributed by atoms with van der Waals surface area (Å²) >= 11 is 7.88. The van der Waals surface area contributed by atoms with Crippen LogP contribution in [0.5, 0.6) is 0 Å². The fraction of sp³-hybridized carbons (Fsp3) is 0.167. The highest BCUT2D eigenvalue weighted by atomic mass is 35.5. The minimum atomic E-state index is 0.322. The Morgan fingerprint density at radius 1 is 1.27 bits per heavy atom. The summed E-state index contributed by atoms with van der Waals surface area (Å²) in [4.78, 5) is 1.31. The molecule has 1 aliphatic carbocycles. The van der Waals surface area contributed by atoms with Crippen LogP contribution in [-0.2, 0) is 0 Å². The van der Waals surface area contributed by atoms with E-state index in [4.69, 9.17) is 11.6 Å². The molecule has 0 bridgehead atoms. The molecule has 15 heavy (non-hydrogen) atoms. The number of para-hydroxylation sites is 1. The van der Waals surface area contributed by atoms with E-state index in [1.165, 1.54) is 10.6 Å². The lowest BCUT2D eigenvalue weighted by Gasteiger charge is -2.32. The molecular formula is C12H10ClNS. The molecule has 2 atom stereocenters. The topological polar surface area (TPSA) is 12.0 Å². The largest absolute Gasteiger partial charge is 0.376 e. The molecule has 0 spiro atoms. The number of hydrogen-bond donors (Lipinski definition) is 1. The normalized spacial score (nSPS) is 27.4. The summed E-state index contributed by atoms with van der Waals surface area (Å²) in [6.45, 7) is 0. The van der Waals surface area contributed by atoms with Crippen LogP contribution in [0.2, 0.25) is 0 Å². The predicted molar refractivity (Wildman–Crippen MR) is 66.6 cm³/mol. The van der Waals surface area contributed by atoms with E-state index >= 15 is 0 Å². The van der Waals surface area contributed by atoms with E-state index in [2.05, 4.69) is 41.7 Å². The van der Waals surface area contributed by atoms with Crippen LogP contribution in [0.3, 0.4) is 0 Å². The lowest BCUT2D eigenvalue weighted by atomic mass is 10.1. The second kappa shape index (κ2) is 3.62. The first kappa shape index (κ1) is 9.37. The van der Waals surface area contributed by atoms with Gasteiger partial charge in [0.25, 0.3) is 0 Å². The Balaban J connectivity index is 1.98. The molecule has 0 fully saturated rings. The zero-order valence-electron chi connectivity index (χ0n) is 7.98. The van der Waals surface area contributed by atoms with Gasteiger partial charge in [-0.2, -0.15) is 0 Å². The van der Waals surface area contributed by atoms with Gasteiger partial charge in [-0.25, -0.2) is 0 Å². The Morgan fingerprint density at radius 2 is 2.13 bits per heavy atom. The molecule has 1 aliphatic heterocycles. The van der Waals surface area contributed by atoms with Gasteiger partial charge in [-0.1, -0.05) is 29.8 Å². The molecule has 3 rings (SSSR count). The van der Waals surface area contributed by atoms with Crippen LogP contribution in [0.25, 0.3) is 0 Å². The summed E-state index contributed by atoms with van der Waals surface area (Å²) in [5, 5.41) is 4.78. The molecule has 1 nitrogen and oxygen atoms in total. The van der Waals surface area contributed by atoms with Gasteiger partial charge < -0.3 is 5.32 Å². The first-order chi connectivity index (χ1) is 7.33. The Hall–Kier alpha value is -0.860. The summed E-state index contributed by atoms with van der Waals surface area (Å²) in [6, 6.07) is 8.71. The van der Waals surface area contributed by atoms with Gasteiger partial charge in [0.1, 0.15) is 0 Å². The van der Waals surface area contributed by atoms with Crippen molar-refractivity contribution in [3.05, 3.63) is 47.5 Å². The first-order valence-corrected chi connectivity index (χ1v) is 6.16. The van der Waals surface area contributed by atoms with Gasteiger partial charge in [0.2, 0.25) is 0 Å². The first-order valence-electron chi connectivity index (χ1n) is 4.91. The van der Waals surface area contributed by atoms with E-state index in [1.54, 1.807) is 0 Å². The number of allylic oxidation sites excluding steroid dienone is 2. The third kappa shape index (κ3) is 1.68. The van der Waals surface area contributed by atoms with E-state index in [0.717, 1.165) is 5.03 Å². The van der Waals surface area contributed by atoms with Crippen molar-refractivity contribution < 1.29 is 0 Å². The van der Waals surface area contributed by atoms with Crippen LogP contribution in [0.15, 0.2) is 52.4 Å². The molecule has 1 aromatic rings. The number of anilines is 1. The maximum Gasteiger partial charge on any atom is 0.0619 e. The summed E-state index contributed by atoms with van der Waals surface area (Å²) < 4.78 is 0. The average molecular weight is 236 g/mol. The van der Waals surface area contributed by atoms with Crippen LogP contribution in [0, 0.1) is 0 Å². The van der Waals surface area contributed by atoms with Crippen LogP contribution in [0.1, 0.15) is 0 Å². The minimum absolute atomic E-state index is 0.322. The number of hydrogen-bond acceptors (Lipinski definition) is 2. The highest BCUT2D eigenvalue weighted by molar-refractivity contribution is 8.00. The molecule has 0 unspecified atom stereocenters. The molecule has 0 amide bonds. The highest BCUT2D eigenvalue weighted by Gasteiger charge is 2.27. The molecule has 1 aromatic carbocycles. The molecule has 3 heteroatoms. The van der Waals surface area contributed by atoms with Crippen LogP contribution in [-0.4, -0.2) is 11.3 Å². The second-order valence-electron chi connectivity index (χ2n) is 3.66. The SMILES string of the molecule is ClC1=C[C@@H]2Nc3ccccc3S[C@H]2C=C1. The Bertz CT molecular complexity index is 453.